The second kappa shape index (κ2) is 7.44. The molecule has 2 atom stereocenters. The van der Waals surface area contributed by atoms with E-state index < -0.39 is 5.97 Å². The van der Waals surface area contributed by atoms with Crippen LogP contribution in [0.3, 0.4) is 0 Å². The minimum atomic E-state index is -0.397. The number of carbonyl (C=O) groups is 2. The Morgan fingerprint density at radius 2 is 1.85 bits per heavy atom. The van der Waals surface area contributed by atoms with Gasteiger partial charge in [0.05, 0.1) is 35.0 Å². The van der Waals surface area contributed by atoms with E-state index in [1.165, 1.54) is 0 Å². The van der Waals surface area contributed by atoms with Gasteiger partial charge in [-0.3, -0.25) is 14.0 Å². The van der Waals surface area contributed by atoms with Gasteiger partial charge in [-0.25, -0.2) is 4.98 Å². The number of fused-ring (bicyclic) bond motifs is 5. The number of halogens is 1. The average molecular weight is 475 g/mol. The maximum atomic E-state index is 12.1. The molecule has 4 aromatic rings. The molecule has 2 heterocycles. The molecule has 0 aliphatic heterocycles. The monoisotopic (exact) mass is 474 g/mol. The van der Waals surface area contributed by atoms with Gasteiger partial charge < -0.3 is 9.47 Å². The highest BCUT2D eigenvalue weighted by molar-refractivity contribution is 6.31. The normalized spacial score (nSPS) is 21.8. The summed E-state index contributed by atoms with van der Waals surface area (Å²) in [6, 6.07) is 14.2. The fourth-order valence-corrected chi connectivity index (χ4v) is 5.00. The lowest BCUT2D eigenvalue weighted by Crippen LogP contribution is -2.17. The van der Waals surface area contributed by atoms with Gasteiger partial charge >= 0.3 is 11.9 Å². The first-order chi connectivity index (χ1) is 16.5. The number of rotatable bonds is 6. The van der Waals surface area contributed by atoms with E-state index in [-0.39, 0.29) is 23.7 Å². The quantitative estimate of drug-likeness (QED) is 0.266. The lowest BCUT2D eigenvalue weighted by atomic mass is 10.2. The Bertz CT molecular complexity index is 1500. The molecule has 0 N–H and O–H groups in total. The minimum Gasteiger partial charge on any atom is -0.493 e. The summed E-state index contributed by atoms with van der Waals surface area (Å²) < 4.78 is 13.3. The van der Waals surface area contributed by atoms with Crippen molar-refractivity contribution in [3.05, 3.63) is 53.3 Å². The van der Waals surface area contributed by atoms with E-state index in [0.29, 0.717) is 24.0 Å². The van der Waals surface area contributed by atoms with Crippen molar-refractivity contribution in [2.45, 2.75) is 38.0 Å². The molecular formula is C27H23ClN2O4. The van der Waals surface area contributed by atoms with Gasteiger partial charge in [-0.2, -0.15) is 0 Å². The first-order valence-electron chi connectivity index (χ1n) is 12.0. The predicted molar refractivity (Wildman–Crippen MR) is 128 cm³/mol. The second-order valence-corrected chi connectivity index (χ2v) is 10.4. The largest absolute Gasteiger partial charge is 0.493 e. The van der Waals surface area contributed by atoms with Crippen LogP contribution in [-0.2, 0) is 14.3 Å². The molecule has 3 fully saturated rings. The molecule has 0 radical (unpaired) electrons. The van der Waals surface area contributed by atoms with E-state index >= 15 is 0 Å². The van der Waals surface area contributed by atoms with Gasteiger partial charge in [0, 0.05) is 27.6 Å². The SMILES string of the molecule is O=C(OC(=O)C1CC1COc1ccc2c(c1)cc1c3ccc(Cl)cc3nc(C3CC3)n21)C1CC1. The third-order valence-corrected chi connectivity index (χ3v) is 7.45. The van der Waals surface area contributed by atoms with Gasteiger partial charge in [-0.05, 0) is 74.6 Å². The Morgan fingerprint density at radius 1 is 1.00 bits per heavy atom. The molecule has 7 heteroatoms. The molecule has 2 aromatic heterocycles. The van der Waals surface area contributed by atoms with Crippen molar-refractivity contribution >= 4 is 50.9 Å². The Balaban J connectivity index is 1.14. The van der Waals surface area contributed by atoms with E-state index in [0.717, 1.165) is 64.6 Å². The topological polar surface area (TPSA) is 69.9 Å². The Hall–Kier alpha value is -3.12. The molecule has 2 unspecified atom stereocenters. The summed E-state index contributed by atoms with van der Waals surface area (Å²) in [5.41, 5.74) is 3.16. The van der Waals surface area contributed by atoms with Gasteiger partial charge in [0.15, 0.2) is 0 Å². The molecule has 0 amide bonds. The predicted octanol–water partition coefficient (Wildman–Crippen LogP) is 5.67. The summed E-state index contributed by atoms with van der Waals surface area (Å²) in [5, 5.41) is 2.86. The number of ether oxygens (including phenoxy) is 2. The number of carbonyl (C=O) groups excluding carboxylic acids is 2. The molecule has 2 aromatic carbocycles. The molecule has 0 spiro atoms. The molecule has 172 valence electrons. The zero-order valence-corrected chi connectivity index (χ0v) is 19.3. The van der Waals surface area contributed by atoms with Crippen molar-refractivity contribution in [1.29, 1.82) is 0 Å². The van der Waals surface area contributed by atoms with E-state index in [2.05, 4.69) is 16.5 Å². The zero-order valence-electron chi connectivity index (χ0n) is 18.5. The van der Waals surface area contributed by atoms with Crippen LogP contribution in [0.4, 0.5) is 0 Å². The van der Waals surface area contributed by atoms with Crippen LogP contribution in [0.1, 0.15) is 43.8 Å². The van der Waals surface area contributed by atoms with E-state index in [9.17, 15) is 9.59 Å². The molecule has 0 saturated heterocycles. The smallest absolute Gasteiger partial charge is 0.317 e. The number of hydrogen-bond acceptors (Lipinski definition) is 5. The lowest BCUT2D eigenvalue weighted by Gasteiger charge is -2.10. The molecule has 3 saturated carbocycles. The fraction of sp³-hybridized carbons (Fsp3) is 0.370. The summed E-state index contributed by atoms with van der Waals surface area (Å²) in [7, 11) is 0. The summed E-state index contributed by atoms with van der Waals surface area (Å²) in [6.07, 6.45) is 4.70. The summed E-state index contributed by atoms with van der Waals surface area (Å²) in [4.78, 5) is 28.8. The van der Waals surface area contributed by atoms with E-state index in [1.54, 1.807) is 0 Å². The second-order valence-electron chi connectivity index (χ2n) is 9.92. The molecule has 0 bridgehead atoms. The van der Waals surface area contributed by atoms with Crippen molar-refractivity contribution in [2.75, 3.05) is 6.61 Å². The zero-order chi connectivity index (χ0) is 23.0. The van der Waals surface area contributed by atoms with Crippen LogP contribution in [0.2, 0.25) is 5.02 Å². The van der Waals surface area contributed by atoms with Crippen molar-refractivity contribution in [2.24, 2.45) is 17.8 Å². The number of benzene rings is 2. The van der Waals surface area contributed by atoms with Crippen LogP contribution >= 0.6 is 11.6 Å². The van der Waals surface area contributed by atoms with Crippen LogP contribution in [0.25, 0.3) is 27.3 Å². The fourth-order valence-electron chi connectivity index (χ4n) is 4.83. The van der Waals surface area contributed by atoms with Crippen LogP contribution in [0, 0.1) is 17.8 Å². The maximum absolute atomic E-state index is 12.1. The third kappa shape index (κ3) is 3.52. The molecule has 34 heavy (non-hydrogen) atoms. The number of aromatic nitrogens is 2. The highest BCUT2D eigenvalue weighted by Crippen LogP contribution is 2.43. The van der Waals surface area contributed by atoms with Crippen LogP contribution in [0.5, 0.6) is 5.75 Å². The Kier molecular flexibility index (Phi) is 4.44. The van der Waals surface area contributed by atoms with Crippen molar-refractivity contribution < 1.29 is 19.1 Å². The summed E-state index contributed by atoms with van der Waals surface area (Å²) >= 11 is 6.24. The average Bonchev–Trinajstić information content (AvgIpc) is 3.68. The summed E-state index contributed by atoms with van der Waals surface area (Å²) in [5.74, 6) is 1.39. The first kappa shape index (κ1) is 20.3. The van der Waals surface area contributed by atoms with Gasteiger partial charge in [-0.15, -0.1) is 0 Å². The van der Waals surface area contributed by atoms with Crippen LogP contribution < -0.4 is 4.74 Å². The molecular weight excluding hydrogens is 452 g/mol. The molecule has 7 rings (SSSR count). The first-order valence-corrected chi connectivity index (χ1v) is 12.4. The van der Waals surface area contributed by atoms with Crippen LogP contribution in [0.15, 0.2) is 42.5 Å². The lowest BCUT2D eigenvalue weighted by molar-refractivity contribution is -0.161. The van der Waals surface area contributed by atoms with Crippen LogP contribution in [-0.4, -0.2) is 27.9 Å². The van der Waals surface area contributed by atoms with Gasteiger partial charge in [0.1, 0.15) is 11.6 Å². The highest BCUT2D eigenvalue weighted by atomic mass is 35.5. The van der Waals surface area contributed by atoms with Gasteiger partial charge in [-0.1, -0.05) is 11.6 Å². The standard InChI is InChI=1S/C27H23ClN2O4/c28-18-5-7-20-22(12-18)29-25(14-1-2-14)30-23-8-6-19(9-16(23)11-24(20)30)33-13-17-10-21(17)27(32)34-26(31)15-3-4-15/h5-9,11-12,14-15,17,21H,1-4,10,13H2. The van der Waals surface area contributed by atoms with Crippen molar-refractivity contribution in [3.63, 3.8) is 0 Å². The van der Waals surface area contributed by atoms with Crippen molar-refractivity contribution in [3.8, 4) is 5.75 Å². The Morgan fingerprint density at radius 3 is 2.65 bits per heavy atom. The number of hydrogen-bond donors (Lipinski definition) is 0. The van der Waals surface area contributed by atoms with Gasteiger partial charge in [0.25, 0.3) is 0 Å². The maximum Gasteiger partial charge on any atom is 0.317 e. The molecule has 6 nitrogen and oxygen atoms in total. The molecule has 3 aliphatic carbocycles. The number of esters is 2. The van der Waals surface area contributed by atoms with Crippen molar-refractivity contribution in [1.82, 2.24) is 9.38 Å². The van der Waals surface area contributed by atoms with Gasteiger partial charge in [0.2, 0.25) is 0 Å². The number of nitrogens with zero attached hydrogens (tertiary/aromatic N) is 2. The van der Waals surface area contributed by atoms with E-state index in [4.69, 9.17) is 26.1 Å². The van der Waals surface area contributed by atoms with E-state index in [1.807, 2.05) is 30.3 Å². The third-order valence-electron chi connectivity index (χ3n) is 7.22. The summed E-state index contributed by atoms with van der Waals surface area (Å²) in [6.45, 7) is 0.437. The molecule has 3 aliphatic rings. The minimum absolute atomic E-state index is 0.0632. The Labute approximate surface area is 200 Å². The highest BCUT2D eigenvalue weighted by Gasteiger charge is 2.46.